The molecular formula is C17H19Cl3N2O4S. The van der Waals surface area contributed by atoms with Gasteiger partial charge in [-0.25, -0.2) is 13.1 Å². The lowest BCUT2D eigenvalue weighted by atomic mass is 10.2. The molecule has 2 aromatic rings. The van der Waals surface area contributed by atoms with Crippen molar-refractivity contribution in [3.63, 3.8) is 0 Å². The highest BCUT2D eigenvalue weighted by atomic mass is 35.5. The molecule has 0 saturated carbocycles. The van der Waals surface area contributed by atoms with E-state index in [9.17, 15) is 8.42 Å². The minimum absolute atomic E-state index is 0.103. The molecule has 2 aromatic carbocycles. The van der Waals surface area contributed by atoms with Gasteiger partial charge in [0, 0.05) is 17.3 Å². The van der Waals surface area contributed by atoms with Crippen LogP contribution in [0, 0.1) is 0 Å². The number of ether oxygens (including phenoxy) is 1. The van der Waals surface area contributed by atoms with E-state index in [2.05, 4.69) is 10.0 Å². The molecular weight excluding hydrogens is 435 g/mol. The van der Waals surface area contributed by atoms with Crippen LogP contribution in [0.25, 0.3) is 0 Å². The zero-order valence-electron chi connectivity index (χ0n) is 14.2. The molecule has 0 aromatic heterocycles. The molecule has 148 valence electrons. The van der Waals surface area contributed by atoms with Crippen LogP contribution in [0.1, 0.15) is 5.56 Å². The predicted octanol–water partition coefficient (Wildman–Crippen LogP) is 3.82. The van der Waals surface area contributed by atoms with Crippen LogP contribution < -0.4 is 10.0 Å². The van der Waals surface area contributed by atoms with Crippen LogP contribution in [0.4, 0.5) is 11.4 Å². The first kappa shape index (κ1) is 22.2. The summed E-state index contributed by atoms with van der Waals surface area (Å²) in [5.41, 5.74) is 1.71. The zero-order chi connectivity index (χ0) is 19.9. The highest BCUT2D eigenvalue weighted by Crippen LogP contribution is 2.35. The molecule has 0 aliphatic rings. The van der Waals surface area contributed by atoms with Crippen LogP contribution in [0.15, 0.2) is 36.4 Å². The summed E-state index contributed by atoms with van der Waals surface area (Å²) in [7, 11) is -3.52. The number of aliphatic hydroxyl groups excluding tert-OH is 1. The van der Waals surface area contributed by atoms with Gasteiger partial charge in [0.05, 0.1) is 41.3 Å². The topological polar surface area (TPSA) is 87.7 Å². The summed E-state index contributed by atoms with van der Waals surface area (Å²) in [4.78, 5) is 0. The van der Waals surface area contributed by atoms with Crippen molar-refractivity contribution >= 4 is 56.2 Å². The van der Waals surface area contributed by atoms with Crippen molar-refractivity contribution in [2.24, 2.45) is 0 Å². The summed E-state index contributed by atoms with van der Waals surface area (Å²) in [5, 5.41) is 12.8. The average molecular weight is 454 g/mol. The summed E-state index contributed by atoms with van der Waals surface area (Å²) in [6.45, 7) is 0.394. The van der Waals surface area contributed by atoms with Crippen LogP contribution in [0.2, 0.25) is 15.1 Å². The highest BCUT2D eigenvalue weighted by Gasteiger charge is 2.12. The summed E-state index contributed by atoms with van der Waals surface area (Å²) in [6.07, 6.45) is 0. The van der Waals surface area contributed by atoms with E-state index in [0.717, 1.165) is 0 Å². The van der Waals surface area contributed by atoms with Crippen LogP contribution >= 0.6 is 34.8 Å². The summed E-state index contributed by atoms with van der Waals surface area (Å²) in [5.74, 6) is -0.190. The Morgan fingerprint density at radius 1 is 1.04 bits per heavy atom. The first-order chi connectivity index (χ1) is 12.8. The fourth-order valence-corrected chi connectivity index (χ4v) is 4.28. The fourth-order valence-electron chi connectivity index (χ4n) is 2.25. The molecule has 0 spiro atoms. The third kappa shape index (κ3) is 7.46. The van der Waals surface area contributed by atoms with Crippen molar-refractivity contribution in [2.75, 3.05) is 31.7 Å². The molecule has 0 aliphatic heterocycles. The lowest BCUT2D eigenvalue weighted by molar-refractivity contribution is 0.0961. The molecule has 0 bridgehead atoms. The molecule has 27 heavy (non-hydrogen) atoms. The minimum Gasteiger partial charge on any atom is -0.394 e. The Morgan fingerprint density at radius 3 is 2.41 bits per heavy atom. The third-order valence-corrected chi connectivity index (χ3v) is 5.54. The van der Waals surface area contributed by atoms with Gasteiger partial charge in [-0.05, 0) is 29.8 Å². The molecule has 3 N–H and O–H groups in total. The maximum Gasteiger partial charge on any atom is 0.215 e. The normalized spacial score (nSPS) is 11.6. The average Bonchev–Trinajstić information content (AvgIpc) is 2.58. The van der Waals surface area contributed by atoms with Crippen molar-refractivity contribution in [3.8, 4) is 0 Å². The van der Waals surface area contributed by atoms with Gasteiger partial charge in [0.1, 0.15) is 0 Å². The number of hydrogen-bond acceptors (Lipinski definition) is 5. The predicted molar refractivity (Wildman–Crippen MR) is 110 cm³/mol. The second-order valence-corrected chi connectivity index (χ2v) is 8.62. The van der Waals surface area contributed by atoms with E-state index in [-0.39, 0.29) is 32.1 Å². The Morgan fingerprint density at radius 2 is 1.74 bits per heavy atom. The number of halogens is 3. The van der Waals surface area contributed by atoms with Crippen molar-refractivity contribution in [2.45, 2.75) is 5.75 Å². The third-order valence-electron chi connectivity index (χ3n) is 3.36. The van der Waals surface area contributed by atoms with Crippen molar-refractivity contribution in [1.29, 1.82) is 0 Å². The summed E-state index contributed by atoms with van der Waals surface area (Å²) in [6, 6.07) is 10.0. The number of anilines is 2. The maximum atomic E-state index is 12.2. The molecule has 0 radical (unpaired) electrons. The highest BCUT2D eigenvalue weighted by molar-refractivity contribution is 7.88. The molecule has 2 rings (SSSR count). The van der Waals surface area contributed by atoms with Gasteiger partial charge >= 0.3 is 0 Å². The van der Waals surface area contributed by atoms with E-state index in [0.29, 0.717) is 32.0 Å². The van der Waals surface area contributed by atoms with Crippen molar-refractivity contribution in [3.05, 3.63) is 57.0 Å². The monoisotopic (exact) mass is 452 g/mol. The summed E-state index contributed by atoms with van der Waals surface area (Å²) >= 11 is 18.2. The molecule has 0 fully saturated rings. The SMILES string of the molecule is O=S(=O)(Cc1cccc(Nc2c(Cl)cc(Cl)cc2Cl)c1)NCCOCCO. The molecule has 0 amide bonds. The van der Waals surface area contributed by atoms with E-state index in [1.54, 1.807) is 36.4 Å². The molecule has 0 saturated heterocycles. The lowest BCUT2D eigenvalue weighted by Crippen LogP contribution is -2.28. The van der Waals surface area contributed by atoms with Crippen molar-refractivity contribution < 1.29 is 18.3 Å². The van der Waals surface area contributed by atoms with E-state index < -0.39 is 10.0 Å². The van der Waals surface area contributed by atoms with Crippen LogP contribution in [0.3, 0.4) is 0 Å². The van der Waals surface area contributed by atoms with E-state index in [1.165, 1.54) is 0 Å². The van der Waals surface area contributed by atoms with E-state index in [4.69, 9.17) is 44.6 Å². The molecule has 0 unspecified atom stereocenters. The lowest BCUT2D eigenvalue weighted by Gasteiger charge is -2.12. The Kier molecular flexibility index (Phi) is 8.62. The van der Waals surface area contributed by atoms with E-state index in [1.807, 2.05) is 0 Å². The van der Waals surface area contributed by atoms with Crippen LogP contribution in [-0.2, 0) is 20.5 Å². The number of nitrogens with one attached hydrogen (secondary N) is 2. The smallest absolute Gasteiger partial charge is 0.215 e. The van der Waals surface area contributed by atoms with Gasteiger partial charge in [-0.2, -0.15) is 0 Å². The second-order valence-electron chi connectivity index (χ2n) is 5.56. The van der Waals surface area contributed by atoms with Gasteiger partial charge in [0.2, 0.25) is 10.0 Å². The zero-order valence-corrected chi connectivity index (χ0v) is 17.3. The number of sulfonamides is 1. The van der Waals surface area contributed by atoms with Gasteiger partial charge in [-0.15, -0.1) is 0 Å². The van der Waals surface area contributed by atoms with Crippen molar-refractivity contribution in [1.82, 2.24) is 4.72 Å². The summed E-state index contributed by atoms with van der Waals surface area (Å²) < 4.78 is 31.8. The fraction of sp³-hybridized carbons (Fsp3) is 0.294. The Balaban J connectivity index is 2.03. The first-order valence-electron chi connectivity index (χ1n) is 7.97. The Labute approximate surface area is 173 Å². The maximum absolute atomic E-state index is 12.2. The van der Waals surface area contributed by atoms with Gasteiger partial charge < -0.3 is 15.2 Å². The number of aliphatic hydroxyl groups is 1. The molecule has 0 atom stereocenters. The number of rotatable bonds is 10. The Hall–Kier alpha value is -1.06. The largest absolute Gasteiger partial charge is 0.394 e. The number of hydrogen-bond donors (Lipinski definition) is 3. The minimum atomic E-state index is -3.52. The molecule has 10 heteroatoms. The quantitative estimate of drug-likeness (QED) is 0.476. The number of benzene rings is 2. The van der Waals surface area contributed by atoms with Gasteiger partial charge in [-0.3, -0.25) is 0 Å². The van der Waals surface area contributed by atoms with Gasteiger partial charge in [0.15, 0.2) is 0 Å². The van der Waals surface area contributed by atoms with Gasteiger partial charge in [0.25, 0.3) is 0 Å². The van der Waals surface area contributed by atoms with Gasteiger partial charge in [-0.1, -0.05) is 46.9 Å². The first-order valence-corrected chi connectivity index (χ1v) is 10.8. The van der Waals surface area contributed by atoms with E-state index >= 15 is 0 Å². The van der Waals surface area contributed by atoms with Crippen LogP contribution in [-0.4, -0.2) is 39.9 Å². The standard InChI is InChI=1S/C17H19Cl3N2O4S/c18-13-9-15(19)17(16(20)10-13)22-14-3-1-2-12(8-14)11-27(24,25)21-4-6-26-7-5-23/h1-3,8-10,21-23H,4-7,11H2. The van der Waals surface area contributed by atoms with Crippen LogP contribution in [0.5, 0.6) is 0 Å². The molecule has 0 aliphatic carbocycles. The second kappa shape index (κ2) is 10.5. The molecule has 0 heterocycles. The Bertz CT molecular complexity index is 855. The molecule has 6 nitrogen and oxygen atoms in total.